The molecule has 1 saturated carbocycles. The van der Waals surface area contributed by atoms with E-state index in [1.54, 1.807) is 32.2 Å². The van der Waals surface area contributed by atoms with Crippen LogP contribution in [0.2, 0.25) is 5.02 Å². The Morgan fingerprint density at radius 1 is 1.04 bits per heavy atom. The molecule has 3 heterocycles. The fraction of sp³-hybridized carbons (Fsp3) is 0.632. The number of aryl methyl sites for hydroxylation is 1. The summed E-state index contributed by atoms with van der Waals surface area (Å²) in [5, 5.41) is -0.0924. The summed E-state index contributed by atoms with van der Waals surface area (Å²) in [6, 6.07) is 11.1. The van der Waals surface area contributed by atoms with E-state index in [4.69, 9.17) is 21.1 Å². The summed E-state index contributed by atoms with van der Waals surface area (Å²) in [4.78, 5) is 31.4. The number of hydrogen-bond donors (Lipinski definition) is 1. The number of rotatable bonds is 3. The van der Waals surface area contributed by atoms with Gasteiger partial charge < -0.3 is 19.3 Å². The number of methoxy groups -OCH3 is 1. The van der Waals surface area contributed by atoms with Gasteiger partial charge in [0.05, 0.1) is 23.0 Å². The minimum Gasteiger partial charge on any atom is -0.487 e. The molecule has 6 atom stereocenters. The molecule has 2 fully saturated rings. The van der Waals surface area contributed by atoms with Crippen LogP contribution in [0.15, 0.2) is 36.4 Å². The molecule has 1 N–H and O–H groups in total. The third kappa shape index (κ3) is 7.76. The highest BCUT2D eigenvalue weighted by Crippen LogP contribution is 2.50. The molecule has 11 heteroatoms. The Kier molecular flexibility index (Phi) is 10.9. The van der Waals surface area contributed by atoms with E-state index in [-0.39, 0.29) is 35.1 Å². The first kappa shape index (κ1) is 36.0. The SMILES string of the molecule is CO[C@@]1(CC(=O)N2CCC2)CC(C)C[C@H](C)[C@@H](C)S(=O)(=O)NC(=O)c2ccc3c(c2)N(CCCCc2cc(Cl)ccc2CO3)C[C@@H]2CC[C@H]21. The molecule has 1 unspecified atom stereocenters. The number of nitrogens with one attached hydrogen (secondary N) is 1. The average Bonchev–Trinajstić information content (AvgIpc) is 3.04. The number of anilines is 1. The van der Waals surface area contributed by atoms with Gasteiger partial charge in [0.25, 0.3) is 5.91 Å². The van der Waals surface area contributed by atoms with Crippen LogP contribution in [0.5, 0.6) is 5.75 Å². The van der Waals surface area contributed by atoms with Gasteiger partial charge in [-0.15, -0.1) is 0 Å². The summed E-state index contributed by atoms with van der Waals surface area (Å²) in [6.45, 7) is 9.13. The lowest BCUT2D eigenvalue weighted by Crippen LogP contribution is -2.56. The Labute approximate surface area is 297 Å². The van der Waals surface area contributed by atoms with Crippen LogP contribution in [-0.4, -0.2) is 69.3 Å². The van der Waals surface area contributed by atoms with Crippen LogP contribution in [0.1, 0.15) is 93.6 Å². The van der Waals surface area contributed by atoms with Crippen LogP contribution < -0.4 is 14.4 Å². The predicted molar refractivity (Wildman–Crippen MR) is 193 cm³/mol. The summed E-state index contributed by atoms with van der Waals surface area (Å²) in [5.41, 5.74) is 2.63. The molecule has 6 rings (SSSR count). The molecule has 2 amide bonds. The molecule has 4 aliphatic rings. The van der Waals surface area contributed by atoms with Crippen LogP contribution in [0.4, 0.5) is 5.69 Å². The number of halogens is 1. The molecule has 2 bridgehead atoms. The first-order chi connectivity index (χ1) is 23.4. The van der Waals surface area contributed by atoms with Crippen LogP contribution in [-0.2, 0) is 32.6 Å². The first-order valence-corrected chi connectivity index (χ1v) is 20.0. The molecule has 0 aromatic heterocycles. The standard InChI is InChI=1S/C38H52ClN3O6S/c1-25-18-26(2)27(3)49(45,46)40-37(44)29-11-14-35-34(20-29)42(15-6-5-8-28-19-32(39)12-9-31(28)24-48-35)23-30-10-13-33(30)38(21-25,47-4)22-36(43)41-16-7-17-41/h9,11-12,14,19-20,25-27,30,33H,5-8,10,13,15-18,21-24H2,1-4H3,(H,40,44)/t25?,26-,27+,30-,33+,38+/m0/s1. The molecular formula is C38H52ClN3O6S. The number of sulfonamides is 1. The van der Waals surface area contributed by atoms with Gasteiger partial charge in [-0.2, -0.15) is 0 Å². The molecule has 0 radical (unpaired) electrons. The summed E-state index contributed by atoms with van der Waals surface area (Å²) < 4.78 is 42.5. The first-order valence-electron chi connectivity index (χ1n) is 18.1. The zero-order chi connectivity index (χ0) is 34.9. The summed E-state index contributed by atoms with van der Waals surface area (Å²) in [7, 11) is -2.22. The summed E-state index contributed by atoms with van der Waals surface area (Å²) in [5.74, 6) is 0.455. The maximum absolute atomic E-state index is 13.6. The van der Waals surface area contributed by atoms with E-state index >= 15 is 0 Å². The lowest BCUT2D eigenvalue weighted by atomic mass is 9.60. The topological polar surface area (TPSA) is 105 Å². The maximum atomic E-state index is 13.6. The molecule has 9 nitrogen and oxygen atoms in total. The van der Waals surface area contributed by atoms with Crippen molar-refractivity contribution in [3.63, 3.8) is 0 Å². The number of hydrogen-bond acceptors (Lipinski definition) is 7. The zero-order valence-electron chi connectivity index (χ0n) is 29.4. The van der Waals surface area contributed by atoms with Crippen molar-refractivity contribution in [2.75, 3.05) is 38.2 Å². The largest absolute Gasteiger partial charge is 0.487 e. The highest BCUT2D eigenvalue weighted by atomic mass is 35.5. The van der Waals surface area contributed by atoms with Crippen molar-refractivity contribution in [3.8, 4) is 5.75 Å². The van der Waals surface area contributed by atoms with Crippen LogP contribution in [0.25, 0.3) is 0 Å². The van der Waals surface area contributed by atoms with Crippen molar-refractivity contribution in [1.29, 1.82) is 0 Å². The molecule has 1 aliphatic carbocycles. The molecule has 0 spiro atoms. The van der Waals surface area contributed by atoms with Gasteiger partial charge in [-0.05, 0) is 123 Å². The minimum atomic E-state index is -3.98. The smallest absolute Gasteiger partial charge is 0.264 e. The van der Waals surface area contributed by atoms with Gasteiger partial charge in [-0.3, -0.25) is 9.59 Å². The number of ether oxygens (including phenoxy) is 2. The quantitative estimate of drug-likeness (QED) is 0.382. The number of likely N-dealkylation sites (tertiary alicyclic amines) is 1. The number of carbonyl (C=O) groups excluding carboxylic acids is 2. The van der Waals surface area contributed by atoms with E-state index in [0.717, 1.165) is 69.4 Å². The normalized spacial score (nSPS) is 30.6. The zero-order valence-corrected chi connectivity index (χ0v) is 31.0. The fourth-order valence-electron chi connectivity index (χ4n) is 8.52. The van der Waals surface area contributed by atoms with E-state index in [9.17, 15) is 18.0 Å². The Hall–Kier alpha value is -2.82. The molecule has 49 heavy (non-hydrogen) atoms. The van der Waals surface area contributed by atoms with E-state index in [0.29, 0.717) is 43.2 Å². The Morgan fingerprint density at radius 2 is 1.84 bits per heavy atom. The highest BCUT2D eigenvalue weighted by Gasteiger charge is 2.51. The van der Waals surface area contributed by atoms with Crippen molar-refractivity contribution in [2.45, 2.75) is 96.0 Å². The van der Waals surface area contributed by atoms with E-state index in [1.165, 1.54) is 5.56 Å². The third-order valence-corrected chi connectivity index (χ3v) is 14.0. The minimum absolute atomic E-state index is 0.0993. The maximum Gasteiger partial charge on any atom is 0.264 e. The Balaban J connectivity index is 1.41. The summed E-state index contributed by atoms with van der Waals surface area (Å²) >= 11 is 6.37. The average molecular weight is 714 g/mol. The van der Waals surface area contributed by atoms with Crippen molar-refractivity contribution in [3.05, 3.63) is 58.1 Å². The van der Waals surface area contributed by atoms with Crippen molar-refractivity contribution in [2.24, 2.45) is 23.7 Å². The van der Waals surface area contributed by atoms with Gasteiger partial charge in [-0.25, -0.2) is 13.1 Å². The van der Waals surface area contributed by atoms with Gasteiger partial charge >= 0.3 is 0 Å². The van der Waals surface area contributed by atoms with E-state index < -0.39 is 26.8 Å². The van der Waals surface area contributed by atoms with E-state index in [2.05, 4.69) is 16.5 Å². The van der Waals surface area contributed by atoms with Crippen molar-refractivity contribution < 1.29 is 27.5 Å². The van der Waals surface area contributed by atoms with E-state index in [1.807, 2.05) is 30.0 Å². The number of fused-ring (bicyclic) bond motifs is 3. The number of nitrogens with zero attached hydrogens (tertiary/aromatic N) is 2. The summed E-state index contributed by atoms with van der Waals surface area (Å²) in [6.07, 6.45) is 7.38. The molecule has 3 aliphatic heterocycles. The van der Waals surface area contributed by atoms with Gasteiger partial charge in [0.2, 0.25) is 15.9 Å². The Bertz CT molecular complexity index is 1650. The highest BCUT2D eigenvalue weighted by molar-refractivity contribution is 7.90. The van der Waals surface area contributed by atoms with Crippen LogP contribution in [0.3, 0.4) is 0 Å². The Morgan fingerprint density at radius 3 is 2.53 bits per heavy atom. The van der Waals surface area contributed by atoms with Gasteiger partial charge in [0, 0.05) is 43.9 Å². The lowest BCUT2D eigenvalue weighted by Gasteiger charge is -2.52. The second-order valence-corrected chi connectivity index (χ2v) is 17.6. The molecule has 1 saturated heterocycles. The molecule has 2 aromatic rings. The lowest BCUT2D eigenvalue weighted by molar-refractivity contribution is -0.158. The monoisotopic (exact) mass is 713 g/mol. The molecule has 2 aromatic carbocycles. The van der Waals surface area contributed by atoms with Crippen LogP contribution in [0, 0.1) is 23.7 Å². The second kappa shape index (κ2) is 14.8. The van der Waals surface area contributed by atoms with Crippen molar-refractivity contribution in [1.82, 2.24) is 9.62 Å². The fourth-order valence-corrected chi connectivity index (χ4v) is 10.0. The molecule has 268 valence electrons. The van der Waals surface area contributed by atoms with Gasteiger partial charge in [-0.1, -0.05) is 31.5 Å². The molecular weight excluding hydrogens is 662 g/mol. The van der Waals surface area contributed by atoms with Gasteiger partial charge in [0.15, 0.2) is 0 Å². The van der Waals surface area contributed by atoms with Crippen LogP contribution >= 0.6 is 11.6 Å². The second-order valence-electron chi connectivity index (χ2n) is 15.1. The predicted octanol–water partition coefficient (Wildman–Crippen LogP) is 6.61. The number of benzene rings is 2. The van der Waals surface area contributed by atoms with Gasteiger partial charge in [0.1, 0.15) is 12.4 Å². The number of carbonyl (C=O) groups is 2. The third-order valence-electron chi connectivity index (χ3n) is 11.8. The number of amides is 2. The van der Waals surface area contributed by atoms with Crippen molar-refractivity contribution >= 4 is 39.1 Å².